The Kier molecular flexibility index (Phi) is 8.82. The van der Waals surface area contributed by atoms with Crippen LogP contribution < -0.4 is 9.47 Å². The first-order valence-electron chi connectivity index (χ1n) is 11.1. The van der Waals surface area contributed by atoms with E-state index in [1.165, 1.54) is 0 Å². The minimum Gasteiger partial charge on any atom is -0.489 e. The van der Waals surface area contributed by atoms with Gasteiger partial charge in [-0.25, -0.2) is 0 Å². The lowest BCUT2D eigenvalue weighted by molar-refractivity contribution is 0.00510. The third kappa shape index (κ3) is 6.86. The lowest BCUT2D eigenvalue weighted by Crippen LogP contribution is -2.14. The fourth-order valence-corrected chi connectivity index (χ4v) is 3.35. The van der Waals surface area contributed by atoms with Crippen LogP contribution in [0.2, 0.25) is 0 Å². The van der Waals surface area contributed by atoms with Crippen LogP contribution in [-0.2, 0) is 14.2 Å². The molecule has 0 atom stereocenters. The van der Waals surface area contributed by atoms with E-state index in [0.717, 1.165) is 33.3 Å². The van der Waals surface area contributed by atoms with Crippen molar-refractivity contribution < 1.29 is 23.7 Å². The van der Waals surface area contributed by atoms with Gasteiger partial charge in [-0.15, -0.1) is 0 Å². The van der Waals surface area contributed by atoms with Gasteiger partial charge in [0.15, 0.2) is 0 Å². The highest BCUT2D eigenvalue weighted by Crippen LogP contribution is 2.23. The maximum atomic E-state index is 5.79. The molecule has 4 rings (SSSR count). The SMILES string of the molecule is c1cnc2c(OCCOCCOCCOCCOc3cccc4cccnc34)cccc2c1. The average molecular weight is 449 g/mol. The number of rotatable bonds is 14. The van der Waals surface area contributed by atoms with E-state index < -0.39 is 0 Å². The van der Waals surface area contributed by atoms with Crippen LogP contribution in [0.15, 0.2) is 73.1 Å². The second-order valence-corrected chi connectivity index (χ2v) is 7.20. The predicted molar refractivity (Wildman–Crippen MR) is 127 cm³/mol. The summed E-state index contributed by atoms with van der Waals surface area (Å²) in [5, 5.41) is 2.12. The van der Waals surface area contributed by atoms with E-state index in [1.807, 2.05) is 60.7 Å². The predicted octanol–water partition coefficient (Wildman–Crippen LogP) is 4.29. The molecule has 172 valence electrons. The molecule has 7 heteroatoms. The highest BCUT2D eigenvalue weighted by Gasteiger charge is 2.03. The summed E-state index contributed by atoms with van der Waals surface area (Å²) in [6.07, 6.45) is 3.53. The fourth-order valence-electron chi connectivity index (χ4n) is 3.35. The van der Waals surface area contributed by atoms with Crippen molar-refractivity contribution in [3.63, 3.8) is 0 Å². The van der Waals surface area contributed by atoms with Crippen molar-refractivity contribution in [2.24, 2.45) is 0 Å². The second kappa shape index (κ2) is 12.7. The summed E-state index contributed by atoms with van der Waals surface area (Å²) in [6.45, 7) is 3.94. The number of hydrogen-bond donors (Lipinski definition) is 0. The van der Waals surface area contributed by atoms with Crippen LogP contribution in [0.4, 0.5) is 0 Å². The van der Waals surface area contributed by atoms with E-state index in [1.54, 1.807) is 12.4 Å². The van der Waals surface area contributed by atoms with Crippen molar-refractivity contribution in [3.8, 4) is 11.5 Å². The summed E-state index contributed by atoms with van der Waals surface area (Å²) in [4.78, 5) is 8.75. The third-order valence-electron chi connectivity index (χ3n) is 4.91. The minimum atomic E-state index is 0.463. The average Bonchev–Trinajstić information content (AvgIpc) is 2.87. The molecule has 33 heavy (non-hydrogen) atoms. The molecule has 0 fully saturated rings. The van der Waals surface area contributed by atoms with Gasteiger partial charge in [-0.2, -0.15) is 0 Å². The van der Waals surface area contributed by atoms with Gasteiger partial charge in [0.25, 0.3) is 0 Å². The van der Waals surface area contributed by atoms with E-state index in [2.05, 4.69) is 9.97 Å². The lowest BCUT2D eigenvalue weighted by Gasteiger charge is -2.10. The Balaban J connectivity index is 0.994. The molecule has 0 amide bonds. The van der Waals surface area contributed by atoms with Gasteiger partial charge in [-0.3, -0.25) is 9.97 Å². The number of hydrogen-bond acceptors (Lipinski definition) is 7. The maximum Gasteiger partial charge on any atom is 0.145 e. The fraction of sp³-hybridized carbons (Fsp3) is 0.308. The van der Waals surface area contributed by atoms with Crippen LogP contribution in [0.5, 0.6) is 11.5 Å². The van der Waals surface area contributed by atoms with Crippen molar-refractivity contribution in [3.05, 3.63) is 73.1 Å². The Morgan fingerprint density at radius 1 is 0.455 bits per heavy atom. The zero-order valence-electron chi connectivity index (χ0n) is 18.5. The quantitative estimate of drug-likeness (QED) is 0.267. The molecule has 7 nitrogen and oxygen atoms in total. The van der Waals surface area contributed by atoms with Crippen molar-refractivity contribution in [1.82, 2.24) is 9.97 Å². The molecule has 2 aromatic heterocycles. The molecular formula is C26H28N2O5. The van der Waals surface area contributed by atoms with Gasteiger partial charge < -0.3 is 23.7 Å². The minimum absolute atomic E-state index is 0.463. The number of aromatic nitrogens is 2. The highest BCUT2D eigenvalue weighted by atomic mass is 16.6. The largest absolute Gasteiger partial charge is 0.489 e. The second-order valence-electron chi connectivity index (χ2n) is 7.20. The van der Waals surface area contributed by atoms with Crippen molar-refractivity contribution in [2.45, 2.75) is 0 Å². The molecule has 2 heterocycles. The summed E-state index contributed by atoms with van der Waals surface area (Å²) in [6, 6.07) is 19.7. The molecule has 0 aliphatic rings. The van der Waals surface area contributed by atoms with E-state index in [-0.39, 0.29) is 0 Å². The van der Waals surface area contributed by atoms with Gasteiger partial charge in [-0.05, 0) is 24.3 Å². The summed E-state index contributed by atoms with van der Waals surface area (Å²) in [7, 11) is 0. The standard InChI is InChI=1S/C26H28N2O5/c1-5-21-7-3-11-27-25(21)23(9-1)32-19-17-30-15-13-29-14-16-31-18-20-33-24-10-2-6-22-8-4-12-28-26(22)24/h1-12H,13-20H2. The van der Waals surface area contributed by atoms with Crippen LogP contribution in [0.25, 0.3) is 21.8 Å². The molecule has 0 radical (unpaired) electrons. The molecule has 2 aromatic carbocycles. The molecule has 0 bridgehead atoms. The van der Waals surface area contributed by atoms with E-state index in [4.69, 9.17) is 23.7 Å². The van der Waals surface area contributed by atoms with E-state index >= 15 is 0 Å². The number of para-hydroxylation sites is 2. The molecule has 0 aliphatic heterocycles. The van der Waals surface area contributed by atoms with Crippen LogP contribution >= 0.6 is 0 Å². The van der Waals surface area contributed by atoms with Crippen molar-refractivity contribution in [2.75, 3.05) is 52.9 Å². The van der Waals surface area contributed by atoms with Gasteiger partial charge in [0, 0.05) is 23.2 Å². The monoisotopic (exact) mass is 448 g/mol. The first-order valence-corrected chi connectivity index (χ1v) is 11.1. The van der Waals surface area contributed by atoms with Crippen molar-refractivity contribution in [1.29, 1.82) is 0 Å². The molecule has 0 spiro atoms. The Morgan fingerprint density at radius 2 is 0.848 bits per heavy atom. The Hall–Kier alpha value is -3.26. The topological polar surface area (TPSA) is 71.9 Å². The molecule has 0 N–H and O–H groups in total. The number of benzene rings is 2. The number of nitrogens with zero attached hydrogens (tertiary/aromatic N) is 2. The molecule has 4 aromatic rings. The number of pyridine rings is 2. The highest BCUT2D eigenvalue weighted by molar-refractivity contribution is 5.84. The summed E-state index contributed by atoms with van der Waals surface area (Å²) >= 11 is 0. The lowest BCUT2D eigenvalue weighted by atomic mass is 10.2. The van der Waals surface area contributed by atoms with Gasteiger partial charge >= 0.3 is 0 Å². The molecule has 0 unspecified atom stereocenters. The number of ether oxygens (including phenoxy) is 5. The number of fused-ring (bicyclic) bond motifs is 2. The van der Waals surface area contributed by atoms with E-state index in [0.29, 0.717) is 52.9 Å². The van der Waals surface area contributed by atoms with Gasteiger partial charge in [0.2, 0.25) is 0 Å². The van der Waals surface area contributed by atoms with E-state index in [9.17, 15) is 0 Å². The van der Waals surface area contributed by atoms with Crippen LogP contribution in [0.1, 0.15) is 0 Å². The van der Waals surface area contributed by atoms with Gasteiger partial charge in [0.1, 0.15) is 35.7 Å². The first-order chi connectivity index (χ1) is 16.4. The Bertz CT molecular complexity index is 1040. The molecule has 0 aliphatic carbocycles. The Morgan fingerprint density at radius 3 is 1.30 bits per heavy atom. The zero-order chi connectivity index (χ0) is 22.6. The third-order valence-corrected chi connectivity index (χ3v) is 4.91. The Labute approximate surface area is 193 Å². The van der Waals surface area contributed by atoms with Crippen LogP contribution in [0.3, 0.4) is 0 Å². The smallest absolute Gasteiger partial charge is 0.145 e. The normalized spacial score (nSPS) is 11.2. The summed E-state index contributed by atoms with van der Waals surface area (Å²) < 4.78 is 28.2. The van der Waals surface area contributed by atoms with Crippen LogP contribution in [0, 0.1) is 0 Å². The first kappa shape index (κ1) is 22.9. The van der Waals surface area contributed by atoms with Gasteiger partial charge in [-0.1, -0.05) is 36.4 Å². The summed E-state index contributed by atoms with van der Waals surface area (Å²) in [5.41, 5.74) is 1.73. The molecular weight excluding hydrogens is 420 g/mol. The maximum absolute atomic E-state index is 5.79. The molecule has 0 saturated heterocycles. The summed E-state index contributed by atoms with van der Waals surface area (Å²) in [5.74, 6) is 1.54. The van der Waals surface area contributed by atoms with Gasteiger partial charge in [0.05, 0.1) is 39.6 Å². The van der Waals surface area contributed by atoms with Crippen molar-refractivity contribution >= 4 is 21.8 Å². The molecule has 0 saturated carbocycles. The van der Waals surface area contributed by atoms with Crippen LogP contribution in [-0.4, -0.2) is 62.8 Å². The zero-order valence-corrected chi connectivity index (χ0v) is 18.5.